The second kappa shape index (κ2) is 8.13. The van der Waals surface area contributed by atoms with Gasteiger partial charge in [-0.1, -0.05) is 35.4 Å². The highest BCUT2D eigenvalue weighted by Crippen LogP contribution is 2.17. The SMILES string of the molecule is C=C(Br)CNC(=O)NCCC(=O)NC1CCCC1. The molecular formula is C12H20BrN3O2. The Morgan fingerprint density at radius 1 is 1.22 bits per heavy atom. The third-order valence-electron chi connectivity index (χ3n) is 2.80. The standard InChI is InChI=1S/C12H20BrN3O2/c1-9(13)8-15-12(18)14-7-6-11(17)16-10-4-2-3-5-10/h10H,1-8H2,(H,16,17)(H2,14,15,18). The van der Waals surface area contributed by atoms with Crippen molar-refractivity contribution in [3.8, 4) is 0 Å². The van der Waals surface area contributed by atoms with Gasteiger partial charge in [0.25, 0.3) is 0 Å². The van der Waals surface area contributed by atoms with E-state index in [-0.39, 0.29) is 11.9 Å². The molecule has 0 aliphatic heterocycles. The molecule has 6 heteroatoms. The Morgan fingerprint density at radius 3 is 2.50 bits per heavy atom. The molecule has 1 fully saturated rings. The molecule has 0 spiro atoms. The molecule has 0 saturated heterocycles. The number of nitrogens with one attached hydrogen (secondary N) is 3. The van der Waals surface area contributed by atoms with Crippen molar-refractivity contribution in [2.24, 2.45) is 0 Å². The molecule has 0 atom stereocenters. The van der Waals surface area contributed by atoms with Crippen molar-refractivity contribution in [1.29, 1.82) is 0 Å². The van der Waals surface area contributed by atoms with Gasteiger partial charge in [0.1, 0.15) is 0 Å². The molecule has 0 radical (unpaired) electrons. The smallest absolute Gasteiger partial charge is 0.315 e. The fourth-order valence-corrected chi connectivity index (χ4v) is 2.04. The maximum Gasteiger partial charge on any atom is 0.315 e. The van der Waals surface area contributed by atoms with E-state index < -0.39 is 0 Å². The van der Waals surface area contributed by atoms with E-state index in [1.165, 1.54) is 12.8 Å². The molecule has 1 saturated carbocycles. The highest BCUT2D eigenvalue weighted by Gasteiger charge is 2.16. The van der Waals surface area contributed by atoms with Gasteiger partial charge in [0, 0.05) is 23.5 Å². The van der Waals surface area contributed by atoms with Crippen molar-refractivity contribution in [2.45, 2.75) is 38.1 Å². The normalized spacial score (nSPS) is 15.2. The summed E-state index contributed by atoms with van der Waals surface area (Å²) in [5.41, 5.74) is 0. The lowest BCUT2D eigenvalue weighted by Gasteiger charge is -2.12. The van der Waals surface area contributed by atoms with Crippen LogP contribution < -0.4 is 16.0 Å². The van der Waals surface area contributed by atoms with Crippen LogP contribution in [0, 0.1) is 0 Å². The van der Waals surface area contributed by atoms with Crippen LogP contribution >= 0.6 is 15.9 Å². The van der Waals surface area contributed by atoms with Gasteiger partial charge in [-0.05, 0) is 12.8 Å². The van der Waals surface area contributed by atoms with Gasteiger partial charge >= 0.3 is 6.03 Å². The lowest BCUT2D eigenvalue weighted by molar-refractivity contribution is -0.121. The van der Waals surface area contributed by atoms with E-state index >= 15 is 0 Å². The first-order valence-corrected chi connectivity index (χ1v) is 7.01. The lowest BCUT2D eigenvalue weighted by Crippen LogP contribution is -2.39. The van der Waals surface area contributed by atoms with Gasteiger partial charge in [-0.3, -0.25) is 4.79 Å². The second-order valence-corrected chi connectivity index (χ2v) is 5.55. The van der Waals surface area contributed by atoms with E-state index in [0.717, 1.165) is 12.8 Å². The molecule has 3 amide bonds. The number of halogens is 1. The molecule has 0 bridgehead atoms. The molecule has 102 valence electrons. The maximum atomic E-state index is 11.5. The van der Waals surface area contributed by atoms with Gasteiger partial charge in [-0.25, -0.2) is 4.79 Å². The third kappa shape index (κ3) is 6.64. The summed E-state index contributed by atoms with van der Waals surface area (Å²) < 4.78 is 0.705. The molecule has 1 aliphatic rings. The van der Waals surface area contributed by atoms with Gasteiger partial charge in [-0.2, -0.15) is 0 Å². The van der Waals surface area contributed by atoms with Crippen LogP contribution in [-0.2, 0) is 4.79 Å². The van der Waals surface area contributed by atoms with E-state index in [1.807, 2.05) is 0 Å². The van der Waals surface area contributed by atoms with Crippen LogP contribution in [0.3, 0.4) is 0 Å². The quantitative estimate of drug-likeness (QED) is 0.697. The highest BCUT2D eigenvalue weighted by molar-refractivity contribution is 9.11. The van der Waals surface area contributed by atoms with Crippen molar-refractivity contribution in [3.05, 3.63) is 11.1 Å². The number of carbonyl (C=O) groups is 2. The van der Waals surface area contributed by atoms with Crippen molar-refractivity contribution >= 4 is 27.9 Å². The Kier molecular flexibility index (Phi) is 6.78. The zero-order valence-corrected chi connectivity index (χ0v) is 12.0. The number of amides is 3. The van der Waals surface area contributed by atoms with E-state index in [9.17, 15) is 9.59 Å². The molecule has 0 unspecified atom stereocenters. The summed E-state index contributed by atoms with van der Waals surface area (Å²) in [5, 5.41) is 8.19. The molecule has 1 rings (SSSR count). The van der Waals surface area contributed by atoms with Gasteiger partial charge in [0.15, 0.2) is 0 Å². The molecule has 0 aromatic carbocycles. The van der Waals surface area contributed by atoms with E-state index in [4.69, 9.17) is 0 Å². The van der Waals surface area contributed by atoms with Crippen LogP contribution in [0.4, 0.5) is 4.79 Å². The van der Waals surface area contributed by atoms with E-state index in [2.05, 4.69) is 38.5 Å². The fraction of sp³-hybridized carbons (Fsp3) is 0.667. The molecule has 3 N–H and O–H groups in total. The second-order valence-electron chi connectivity index (χ2n) is 4.43. The third-order valence-corrected chi connectivity index (χ3v) is 3.08. The number of hydrogen-bond acceptors (Lipinski definition) is 2. The highest BCUT2D eigenvalue weighted by atomic mass is 79.9. The Morgan fingerprint density at radius 2 is 1.89 bits per heavy atom. The summed E-state index contributed by atoms with van der Waals surface area (Å²) in [4.78, 5) is 22.8. The molecule has 0 heterocycles. The number of urea groups is 1. The first kappa shape index (κ1) is 15.0. The Hall–Kier alpha value is -1.04. The lowest BCUT2D eigenvalue weighted by atomic mass is 10.2. The van der Waals surface area contributed by atoms with Gasteiger partial charge in [0.05, 0.1) is 6.54 Å². The Labute approximate surface area is 116 Å². The summed E-state index contributed by atoms with van der Waals surface area (Å²) in [5.74, 6) is 0.00658. The van der Waals surface area contributed by atoms with Crippen molar-refractivity contribution in [3.63, 3.8) is 0 Å². The number of rotatable bonds is 6. The topological polar surface area (TPSA) is 70.2 Å². The first-order chi connectivity index (χ1) is 8.58. The van der Waals surface area contributed by atoms with Crippen LogP contribution in [0.2, 0.25) is 0 Å². The fourth-order valence-electron chi connectivity index (χ4n) is 1.90. The van der Waals surface area contributed by atoms with Crippen molar-refractivity contribution in [1.82, 2.24) is 16.0 Å². The van der Waals surface area contributed by atoms with Crippen LogP contribution in [0.15, 0.2) is 11.1 Å². The van der Waals surface area contributed by atoms with Crippen LogP contribution in [-0.4, -0.2) is 31.1 Å². The minimum Gasteiger partial charge on any atom is -0.353 e. The van der Waals surface area contributed by atoms with Crippen LogP contribution in [0.1, 0.15) is 32.1 Å². The minimum absolute atomic E-state index is 0.00658. The molecule has 1 aliphatic carbocycles. The average molecular weight is 318 g/mol. The largest absolute Gasteiger partial charge is 0.353 e. The Balaban J connectivity index is 2.03. The zero-order chi connectivity index (χ0) is 13.4. The zero-order valence-electron chi connectivity index (χ0n) is 10.4. The molecular weight excluding hydrogens is 298 g/mol. The summed E-state index contributed by atoms with van der Waals surface area (Å²) in [7, 11) is 0. The van der Waals surface area contributed by atoms with Crippen LogP contribution in [0.25, 0.3) is 0 Å². The van der Waals surface area contributed by atoms with Crippen LogP contribution in [0.5, 0.6) is 0 Å². The Bertz CT molecular complexity index is 314. The molecule has 0 aromatic rings. The van der Waals surface area contributed by atoms with Crippen molar-refractivity contribution in [2.75, 3.05) is 13.1 Å². The first-order valence-electron chi connectivity index (χ1n) is 6.22. The number of carbonyl (C=O) groups excluding carboxylic acids is 2. The summed E-state index contributed by atoms with van der Waals surface area (Å²) >= 11 is 3.14. The van der Waals surface area contributed by atoms with Crippen molar-refractivity contribution < 1.29 is 9.59 Å². The predicted octanol–water partition coefficient (Wildman–Crippen LogP) is 1.64. The van der Waals surface area contributed by atoms with E-state index in [0.29, 0.717) is 30.0 Å². The summed E-state index contributed by atoms with van der Waals surface area (Å²) in [6.07, 6.45) is 4.86. The van der Waals surface area contributed by atoms with Gasteiger partial charge in [0.2, 0.25) is 5.91 Å². The van der Waals surface area contributed by atoms with E-state index in [1.54, 1.807) is 0 Å². The molecule has 0 aromatic heterocycles. The minimum atomic E-state index is -0.288. The summed E-state index contributed by atoms with van der Waals surface area (Å²) in [6, 6.07) is 0.0484. The predicted molar refractivity (Wildman–Crippen MR) is 74.5 cm³/mol. The monoisotopic (exact) mass is 317 g/mol. The number of hydrogen-bond donors (Lipinski definition) is 3. The van der Waals surface area contributed by atoms with Gasteiger partial charge < -0.3 is 16.0 Å². The summed E-state index contributed by atoms with van der Waals surface area (Å²) in [6.45, 7) is 4.32. The average Bonchev–Trinajstić information content (AvgIpc) is 2.79. The molecule has 18 heavy (non-hydrogen) atoms. The van der Waals surface area contributed by atoms with Gasteiger partial charge in [-0.15, -0.1) is 0 Å². The molecule has 5 nitrogen and oxygen atoms in total. The maximum absolute atomic E-state index is 11.5.